The highest BCUT2D eigenvalue weighted by Gasteiger charge is 2.25. The summed E-state index contributed by atoms with van der Waals surface area (Å²) in [5.74, 6) is 0.483. The van der Waals surface area contributed by atoms with Gasteiger partial charge in [0.25, 0.3) is 5.91 Å². The maximum absolute atomic E-state index is 14.3. The Balaban J connectivity index is 2.06. The molecule has 9 heteroatoms. The molecule has 0 spiro atoms. The number of ether oxygens (including phenoxy) is 3. The lowest BCUT2D eigenvalue weighted by Gasteiger charge is -2.25. The molecule has 0 aliphatic rings. The van der Waals surface area contributed by atoms with E-state index in [4.69, 9.17) is 14.2 Å². The number of amides is 1. The van der Waals surface area contributed by atoms with E-state index in [0.717, 1.165) is 13.1 Å². The number of para-hydroxylation sites is 1. The first-order chi connectivity index (χ1) is 15.5. The van der Waals surface area contributed by atoms with Crippen LogP contribution < -0.4 is 19.1 Å². The van der Waals surface area contributed by atoms with Gasteiger partial charge in [-0.05, 0) is 37.4 Å². The van der Waals surface area contributed by atoms with Crippen molar-refractivity contribution in [1.82, 2.24) is 9.88 Å². The quantitative estimate of drug-likeness (QED) is 0.445. The van der Waals surface area contributed by atoms with Gasteiger partial charge in [-0.15, -0.1) is 0 Å². The first kappa shape index (κ1) is 23.7. The molecule has 1 amide bonds. The second-order valence-corrected chi connectivity index (χ2v) is 7.99. The van der Waals surface area contributed by atoms with Crippen LogP contribution in [0.25, 0.3) is 10.2 Å². The molecule has 0 saturated carbocycles. The van der Waals surface area contributed by atoms with Gasteiger partial charge in [-0.25, -0.2) is 9.37 Å². The van der Waals surface area contributed by atoms with Gasteiger partial charge in [-0.1, -0.05) is 31.3 Å². The average Bonchev–Trinajstić information content (AvgIpc) is 3.25. The molecule has 1 aromatic heterocycles. The fourth-order valence-corrected chi connectivity index (χ4v) is 4.45. The van der Waals surface area contributed by atoms with Crippen molar-refractivity contribution in [1.29, 1.82) is 0 Å². The number of anilines is 1. The van der Waals surface area contributed by atoms with Crippen molar-refractivity contribution in [2.24, 2.45) is 0 Å². The van der Waals surface area contributed by atoms with Crippen LogP contribution in [-0.2, 0) is 0 Å². The second kappa shape index (κ2) is 10.6. The van der Waals surface area contributed by atoms with Crippen molar-refractivity contribution in [2.45, 2.75) is 13.8 Å². The monoisotopic (exact) mass is 461 g/mol. The number of carbonyl (C=O) groups is 1. The predicted molar refractivity (Wildman–Crippen MR) is 125 cm³/mol. The molecule has 2 aromatic carbocycles. The molecular formula is C23H28FN3O4S. The normalized spacial score (nSPS) is 11.1. The Kier molecular flexibility index (Phi) is 7.87. The van der Waals surface area contributed by atoms with E-state index in [1.54, 1.807) is 29.2 Å². The number of halogens is 1. The summed E-state index contributed by atoms with van der Waals surface area (Å²) < 4.78 is 31.1. The topological polar surface area (TPSA) is 64.1 Å². The summed E-state index contributed by atoms with van der Waals surface area (Å²) in [6.07, 6.45) is 0. The summed E-state index contributed by atoms with van der Waals surface area (Å²) in [5, 5.41) is 0.441. The number of methoxy groups -OCH3 is 3. The first-order valence-corrected chi connectivity index (χ1v) is 11.2. The van der Waals surface area contributed by atoms with Crippen molar-refractivity contribution in [3.63, 3.8) is 0 Å². The molecule has 0 bridgehead atoms. The average molecular weight is 462 g/mol. The van der Waals surface area contributed by atoms with E-state index >= 15 is 0 Å². The van der Waals surface area contributed by atoms with Crippen LogP contribution in [-0.4, -0.2) is 63.3 Å². The number of hydrogen-bond donors (Lipinski definition) is 0. The first-order valence-electron chi connectivity index (χ1n) is 10.4. The smallest absolute Gasteiger partial charge is 0.260 e. The van der Waals surface area contributed by atoms with Crippen LogP contribution in [0.4, 0.5) is 9.52 Å². The Hall–Kier alpha value is -2.91. The molecule has 0 aliphatic heterocycles. The van der Waals surface area contributed by atoms with E-state index in [2.05, 4.69) is 23.7 Å². The largest absolute Gasteiger partial charge is 0.493 e. The van der Waals surface area contributed by atoms with E-state index in [-0.39, 0.29) is 11.4 Å². The number of benzene rings is 2. The lowest BCUT2D eigenvalue weighted by Crippen LogP contribution is -2.38. The molecule has 172 valence electrons. The maximum Gasteiger partial charge on any atom is 0.260 e. The number of hydrogen-bond acceptors (Lipinski definition) is 7. The highest BCUT2D eigenvalue weighted by molar-refractivity contribution is 7.22. The van der Waals surface area contributed by atoms with Crippen LogP contribution in [0.3, 0.4) is 0 Å². The van der Waals surface area contributed by atoms with Crippen molar-refractivity contribution >= 4 is 32.6 Å². The van der Waals surface area contributed by atoms with Gasteiger partial charge < -0.3 is 19.1 Å². The zero-order valence-electron chi connectivity index (χ0n) is 19.0. The van der Waals surface area contributed by atoms with Crippen LogP contribution >= 0.6 is 11.3 Å². The summed E-state index contributed by atoms with van der Waals surface area (Å²) in [7, 11) is 4.51. The fourth-order valence-electron chi connectivity index (χ4n) is 3.44. The Morgan fingerprint density at radius 3 is 2.22 bits per heavy atom. The van der Waals surface area contributed by atoms with Crippen LogP contribution in [0.2, 0.25) is 0 Å². The number of carbonyl (C=O) groups excluding carboxylic acids is 1. The van der Waals surface area contributed by atoms with Crippen molar-refractivity contribution in [3.05, 3.63) is 41.7 Å². The van der Waals surface area contributed by atoms with E-state index in [0.29, 0.717) is 45.7 Å². The SMILES string of the molecule is CCN(CC)CCN(C(=O)c1cc(OC)c(OC)c(OC)c1)c1nc2c(F)cccc2s1. The number of thiazole rings is 1. The minimum atomic E-state index is -0.408. The third-order valence-corrected chi connectivity index (χ3v) is 6.32. The third-order valence-electron chi connectivity index (χ3n) is 5.28. The molecule has 3 rings (SSSR count). The van der Waals surface area contributed by atoms with Gasteiger partial charge in [0, 0.05) is 18.7 Å². The van der Waals surface area contributed by atoms with Crippen molar-refractivity contribution in [2.75, 3.05) is 52.4 Å². The van der Waals surface area contributed by atoms with Crippen LogP contribution in [0.15, 0.2) is 30.3 Å². The summed E-state index contributed by atoms with van der Waals surface area (Å²) in [6.45, 7) is 6.92. The van der Waals surface area contributed by atoms with Gasteiger partial charge in [0.1, 0.15) is 11.3 Å². The van der Waals surface area contributed by atoms with E-state index in [1.807, 2.05) is 0 Å². The number of fused-ring (bicyclic) bond motifs is 1. The Morgan fingerprint density at radius 1 is 1.03 bits per heavy atom. The van der Waals surface area contributed by atoms with Crippen molar-refractivity contribution in [3.8, 4) is 17.2 Å². The van der Waals surface area contributed by atoms with Gasteiger partial charge in [0.05, 0.1) is 26.0 Å². The molecule has 32 heavy (non-hydrogen) atoms. The maximum atomic E-state index is 14.3. The number of aromatic nitrogens is 1. The van der Waals surface area contributed by atoms with Gasteiger partial charge in [0.2, 0.25) is 5.75 Å². The van der Waals surface area contributed by atoms with Gasteiger partial charge in [0.15, 0.2) is 16.6 Å². The van der Waals surface area contributed by atoms with Gasteiger partial charge in [-0.2, -0.15) is 0 Å². The van der Waals surface area contributed by atoms with E-state index in [1.165, 1.54) is 38.7 Å². The van der Waals surface area contributed by atoms with Gasteiger partial charge >= 0.3 is 0 Å². The molecule has 0 saturated heterocycles. The minimum Gasteiger partial charge on any atom is -0.493 e. The van der Waals surface area contributed by atoms with Gasteiger partial charge in [-0.3, -0.25) is 9.69 Å². The van der Waals surface area contributed by atoms with E-state index in [9.17, 15) is 9.18 Å². The summed E-state index contributed by atoms with van der Waals surface area (Å²) in [5.41, 5.74) is 0.622. The standard InChI is InChI=1S/C23H28FN3O4S/c1-6-26(7-2)11-12-27(23-25-20-16(24)9-8-10-19(20)32-23)22(28)15-13-17(29-3)21(31-5)18(14-15)30-4/h8-10,13-14H,6-7,11-12H2,1-5H3. The molecule has 0 radical (unpaired) electrons. The Morgan fingerprint density at radius 2 is 1.69 bits per heavy atom. The van der Waals surface area contributed by atoms with Crippen LogP contribution in [0.1, 0.15) is 24.2 Å². The fraction of sp³-hybridized carbons (Fsp3) is 0.391. The lowest BCUT2D eigenvalue weighted by atomic mass is 10.1. The highest BCUT2D eigenvalue weighted by Crippen LogP contribution is 2.39. The van der Waals surface area contributed by atoms with Crippen LogP contribution in [0, 0.1) is 5.82 Å². The Bertz CT molecular complexity index is 1060. The predicted octanol–water partition coefficient (Wildman–Crippen LogP) is 4.45. The minimum absolute atomic E-state index is 0.262. The summed E-state index contributed by atoms with van der Waals surface area (Å²) in [4.78, 5) is 21.9. The second-order valence-electron chi connectivity index (χ2n) is 6.98. The molecule has 0 aliphatic carbocycles. The lowest BCUT2D eigenvalue weighted by molar-refractivity contribution is 0.0983. The van der Waals surface area contributed by atoms with Crippen LogP contribution in [0.5, 0.6) is 17.2 Å². The molecular weight excluding hydrogens is 433 g/mol. The number of rotatable bonds is 10. The molecule has 1 heterocycles. The molecule has 0 unspecified atom stereocenters. The number of nitrogens with zero attached hydrogens (tertiary/aromatic N) is 3. The molecule has 3 aromatic rings. The zero-order chi connectivity index (χ0) is 23.3. The summed E-state index contributed by atoms with van der Waals surface area (Å²) in [6, 6.07) is 8.03. The molecule has 0 atom stereocenters. The Labute approximate surface area is 191 Å². The molecule has 0 N–H and O–H groups in total. The molecule has 7 nitrogen and oxygen atoms in total. The highest BCUT2D eigenvalue weighted by atomic mass is 32.1. The number of likely N-dealkylation sites (N-methyl/N-ethyl adjacent to an activating group) is 1. The van der Waals surface area contributed by atoms with E-state index < -0.39 is 5.82 Å². The molecule has 0 fully saturated rings. The van der Waals surface area contributed by atoms with Crippen molar-refractivity contribution < 1.29 is 23.4 Å². The zero-order valence-corrected chi connectivity index (χ0v) is 19.8. The third kappa shape index (κ3) is 4.78. The summed E-state index contributed by atoms with van der Waals surface area (Å²) >= 11 is 1.29.